The molecule has 4 N–H and O–H groups in total. The Morgan fingerprint density at radius 1 is 0.978 bits per heavy atom. The van der Waals surface area contributed by atoms with Crippen LogP contribution in [0.1, 0.15) is 24.2 Å². The molecule has 1 aliphatic rings. The summed E-state index contributed by atoms with van der Waals surface area (Å²) in [6.45, 7) is 3.94. The monoisotopic (exact) mass is 625 g/mol. The van der Waals surface area contributed by atoms with Gasteiger partial charge in [-0.3, -0.25) is 4.79 Å². The predicted molar refractivity (Wildman–Crippen MR) is 179 cm³/mol. The second-order valence-electron chi connectivity index (χ2n) is 11.4. The van der Waals surface area contributed by atoms with E-state index in [1.165, 1.54) is 4.90 Å². The summed E-state index contributed by atoms with van der Waals surface area (Å²) in [6, 6.07) is 24.0. The number of carbonyl (C=O) groups excluding carboxylic acids is 3. The average Bonchev–Trinajstić information content (AvgIpc) is 3.06. The molecule has 0 saturated carbocycles. The molecule has 0 aliphatic carbocycles. The molecule has 4 aromatic carbocycles. The third kappa shape index (κ3) is 7.16. The molecule has 3 atom stereocenters. The molecule has 0 fully saturated rings. The maximum Gasteiger partial charge on any atom is 0.323 e. The molecule has 0 unspecified atom stereocenters. The van der Waals surface area contributed by atoms with Gasteiger partial charge in [-0.15, -0.1) is 0 Å². The zero-order chi connectivity index (χ0) is 32.8. The summed E-state index contributed by atoms with van der Waals surface area (Å²) < 4.78 is 11.7. The molecule has 0 radical (unpaired) electrons. The van der Waals surface area contributed by atoms with Crippen molar-refractivity contribution in [2.75, 3.05) is 49.8 Å². The number of aliphatic hydroxyl groups excluding tert-OH is 1. The van der Waals surface area contributed by atoms with E-state index in [0.717, 1.165) is 10.8 Å². The third-order valence-electron chi connectivity index (χ3n) is 8.12. The summed E-state index contributed by atoms with van der Waals surface area (Å²) >= 11 is 0. The molecule has 46 heavy (non-hydrogen) atoms. The highest BCUT2D eigenvalue weighted by atomic mass is 16.5. The Balaban J connectivity index is 1.41. The fraction of sp³-hybridized carbons (Fsp3) is 0.286. The number of fused-ring (bicyclic) bond motifs is 2. The predicted octanol–water partition coefficient (Wildman–Crippen LogP) is 5.88. The first kappa shape index (κ1) is 32.1. The SMILES string of the molecule is COc1ccc(NC(=O)N(C)C[C@H]2Oc3c(NC(=O)Nc4cccc5ccccc45)cccc3C(=O)N([C@H](C)CO)C[C@@H]2C)cc1. The summed E-state index contributed by atoms with van der Waals surface area (Å²) in [7, 11) is 3.24. The van der Waals surface area contributed by atoms with Crippen molar-refractivity contribution < 1.29 is 29.0 Å². The van der Waals surface area contributed by atoms with Crippen molar-refractivity contribution >= 4 is 45.8 Å². The van der Waals surface area contributed by atoms with Crippen molar-refractivity contribution in [3.8, 4) is 11.5 Å². The van der Waals surface area contributed by atoms with Gasteiger partial charge in [0.25, 0.3) is 5.91 Å². The Labute approximate surface area is 268 Å². The van der Waals surface area contributed by atoms with Crippen molar-refractivity contribution in [3.63, 3.8) is 0 Å². The number of likely N-dealkylation sites (N-methyl/N-ethyl adjacent to an activating group) is 1. The summed E-state index contributed by atoms with van der Waals surface area (Å²) in [6.07, 6.45) is -0.573. The molecule has 5 amide bonds. The fourth-order valence-corrected chi connectivity index (χ4v) is 5.42. The minimum Gasteiger partial charge on any atom is -0.497 e. The molecule has 0 bridgehead atoms. The lowest BCUT2D eigenvalue weighted by molar-refractivity contribution is 0.0373. The smallest absolute Gasteiger partial charge is 0.323 e. The largest absolute Gasteiger partial charge is 0.497 e. The van der Waals surface area contributed by atoms with Gasteiger partial charge in [0.15, 0.2) is 5.75 Å². The third-order valence-corrected chi connectivity index (χ3v) is 8.12. The van der Waals surface area contributed by atoms with Crippen LogP contribution < -0.4 is 25.4 Å². The first-order valence-corrected chi connectivity index (χ1v) is 15.1. The second-order valence-corrected chi connectivity index (χ2v) is 11.4. The molecule has 1 aliphatic heterocycles. The molecular weight excluding hydrogens is 586 g/mol. The van der Waals surface area contributed by atoms with E-state index in [9.17, 15) is 19.5 Å². The van der Waals surface area contributed by atoms with Crippen LogP contribution in [0.4, 0.5) is 26.7 Å². The lowest BCUT2D eigenvalue weighted by atomic mass is 9.99. The van der Waals surface area contributed by atoms with Gasteiger partial charge in [0.2, 0.25) is 0 Å². The number of benzene rings is 4. The van der Waals surface area contributed by atoms with E-state index in [2.05, 4.69) is 16.0 Å². The van der Waals surface area contributed by atoms with Crippen LogP contribution in [0.3, 0.4) is 0 Å². The normalized spacial score (nSPS) is 16.7. The number of anilines is 3. The van der Waals surface area contributed by atoms with Crippen LogP contribution in [-0.2, 0) is 0 Å². The van der Waals surface area contributed by atoms with Gasteiger partial charge in [0.1, 0.15) is 11.9 Å². The average molecular weight is 626 g/mol. The number of amides is 5. The van der Waals surface area contributed by atoms with E-state index in [1.54, 1.807) is 68.4 Å². The minimum atomic E-state index is -0.573. The number of hydrogen-bond acceptors (Lipinski definition) is 6. The van der Waals surface area contributed by atoms with Gasteiger partial charge in [-0.05, 0) is 54.8 Å². The highest BCUT2D eigenvalue weighted by molar-refractivity contribution is 6.08. The van der Waals surface area contributed by atoms with Gasteiger partial charge in [-0.25, -0.2) is 9.59 Å². The summed E-state index contributed by atoms with van der Waals surface area (Å²) in [5.74, 6) is 0.287. The first-order valence-electron chi connectivity index (χ1n) is 15.1. The molecular formula is C35H39N5O6. The lowest BCUT2D eigenvalue weighted by Crippen LogP contribution is -2.50. The Bertz CT molecular complexity index is 1710. The number of aliphatic hydroxyl groups is 1. The maximum atomic E-state index is 13.8. The van der Waals surface area contributed by atoms with Gasteiger partial charge >= 0.3 is 12.1 Å². The number of urea groups is 2. The van der Waals surface area contributed by atoms with E-state index in [-0.39, 0.29) is 48.9 Å². The van der Waals surface area contributed by atoms with Gasteiger partial charge in [0, 0.05) is 30.6 Å². The number of nitrogens with zero attached hydrogens (tertiary/aromatic N) is 2. The van der Waals surface area contributed by atoms with Crippen LogP contribution in [0.5, 0.6) is 11.5 Å². The van der Waals surface area contributed by atoms with E-state index >= 15 is 0 Å². The first-order chi connectivity index (χ1) is 22.2. The van der Waals surface area contributed by atoms with Crippen molar-refractivity contribution in [1.29, 1.82) is 0 Å². The number of ether oxygens (including phenoxy) is 2. The minimum absolute atomic E-state index is 0.175. The summed E-state index contributed by atoms with van der Waals surface area (Å²) in [5.41, 5.74) is 1.77. The van der Waals surface area contributed by atoms with Crippen molar-refractivity contribution in [1.82, 2.24) is 9.80 Å². The van der Waals surface area contributed by atoms with Crippen LogP contribution in [0.2, 0.25) is 0 Å². The van der Waals surface area contributed by atoms with Gasteiger partial charge in [0.05, 0.1) is 43.2 Å². The Morgan fingerprint density at radius 3 is 2.39 bits per heavy atom. The van der Waals surface area contributed by atoms with Gasteiger partial charge < -0.3 is 40.3 Å². The Hall–Kier alpha value is -5.29. The zero-order valence-electron chi connectivity index (χ0n) is 26.3. The number of hydrogen-bond donors (Lipinski definition) is 4. The number of methoxy groups -OCH3 is 1. The van der Waals surface area contributed by atoms with E-state index in [4.69, 9.17) is 9.47 Å². The van der Waals surface area contributed by atoms with Gasteiger partial charge in [-0.1, -0.05) is 49.4 Å². The molecule has 11 heteroatoms. The lowest BCUT2D eigenvalue weighted by Gasteiger charge is -2.38. The molecule has 0 aromatic heterocycles. The molecule has 11 nitrogen and oxygen atoms in total. The Morgan fingerprint density at radius 2 is 1.65 bits per heavy atom. The quantitative estimate of drug-likeness (QED) is 0.194. The molecule has 0 saturated heterocycles. The van der Waals surface area contributed by atoms with Gasteiger partial charge in [-0.2, -0.15) is 0 Å². The number of rotatable bonds is 8. The van der Waals surface area contributed by atoms with Crippen molar-refractivity contribution in [3.05, 3.63) is 90.5 Å². The standard InChI is InChI=1S/C35H39N5O6/c1-22-19-40(23(2)21-41)33(42)28-12-8-14-30(38-34(43)37-29-13-7-10-24-9-5-6-11-27(24)29)32(28)46-31(22)20-39(3)35(44)36-25-15-17-26(45-4)18-16-25/h5-18,22-23,31,41H,19-21H2,1-4H3,(H,36,44)(H2,37,38,43)/t22-,23+,31+/m0/s1. The molecule has 240 valence electrons. The molecule has 0 spiro atoms. The fourth-order valence-electron chi connectivity index (χ4n) is 5.42. The van der Waals surface area contributed by atoms with Crippen LogP contribution in [0.15, 0.2) is 84.9 Å². The second kappa shape index (κ2) is 14.2. The molecule has 1 heterocycles. The number of carbonyl (C=O) groups is 3. The van der Waals surface area contributed by atoms with Crippen LogP contribution >= 0.6 is 0 Å². The molecule has 5 rings (SSSR count). The number of para-hydroxylation sites is 1. The topological polar surface area (TPSA) is 132 Å². The summed E-state index contributed by atoms with van der Waals surface area (Å²) in [5, 5.41) is 20.5. The van der Waals surface area contributed by atoms with Crippen molar-refractivity contribution in [2.24, 2.45) is 5.92 Å². The Kier molecular flexibility index (Phi) is 9.92. The van der Waals surface area contributed by atoms with Crippen molar-refractivity contribution in [2.45, 2.75) is 26.0 Å². The van der Waals surface area contributed by atoms with E-state index < -0.39 is 18.2 Å². The molecule has 4 aromatic rings. The van der Waals surface area contributed by atoms with Crippen LogP contribution in [0, 0.1) is 5.92 Å². The van der Waals surface area contributed by atoms with E-state index in [0.29, 0.717) is 22.8 Å². The van der Waals surface area contributed by atoms with Crippen LogP contribution in [-0.4, -0.2) is 78.9 Å². The zero-order valence-corrected chi connectivity index (χ0v) is 26.3. The highest BCUT2D eigenvalue weighted by Crippen LogP contribution is 2.35. The van der Waals surface area contributed by atoms with Crippen LogP contribution in [0.25, 0.3) is 10.8 Å². The summed E-state index contributed by atoms with van der Waals surface area (Å²) in [4.78, 5) is 43.4. The number of nitrogens with one attached hydrogen (secondary N) is 3. The van der Waals surface area contributed by atoms with E-state index in [1.807, 2.05) is 49.4 Å². The maximum absolute atomic E-state index is 13.8. The highest BCUT2D eigenvalue weighted by Gasteiger charge is 2.35.